The van der Waals surface area contributed by atoms with Crippen molar-refractivity contribution in [1.82, 2.24) is 4.98 Å². The molecule has 1 N–H and O–H groups in total. The summed E-state index contributed by atoms with van der Waals surface area (Å²) >= 11 is 5.95. The molecule has 0 aliphatic carbocycles. The van der Waals surface area contributed by atoms with Crippen molar-refractivity contribution in [3.05, 3.63) is 52.3 Å². The molecule has 4 heteroatoms. The largest absolute Gasteiger partial charge is 0.496 e. The first-order valence-corrected chi connectivity index (χ1v) is 6.48. The Balaban J connectivity index is 2.16. The lowest BCUT2D eigenvalue weighted by atomic mass is 10.1. The lowest BCUT2D eigenvalue weighted by Crippen LogP contribution is -2.06. The van der Waals surface area contributed by atoms with Gasteiger partial charge in [0.1, 0.15) is 5.75 Å². The summed E-state index contributed by atoms with van der Waals surface area (Å²) < 4.78 is 5.40. The highest BCUT2D eigenvalue weighted by Crippen LogP contribution is 2.24. The van der Waals surface area contributed by atoms with Crippen molar-refractivity contribution in [2.45, 2.75) is 20.4 Å². The summed E-state index contributed by atoms with van der Waals surface area (Å²) in [7, 11) is 1.68. The number of rotatable bonds is 4. The van der Waals surface area contributed by atoms with Crippen LogP contribution in [-0.2, 0) is 6.54 Å². The van der Waals surface area contributed by atoms with Gasteiger partial charge in [-0.15, -0.1) is 0 Å². The molecule has 2 rings (SSSR count). The number of nitrogens with zero attached hydrogens (tertiary/aromatic N) is 1. The number of hydrogen-bond acceptors (Lipinski definition) is 3. The fraction of sp³-hybridized carbons (Fsp3) is 0.267. The van der Waals surface area contributed by atoms with Gasteiger partial charge in [0.2, 0.25) is 0 Å². The third kappa shape index (κ3) is 3.18. The second-order valence-electron chi connectivity index (χ2n) is 4.41. The normalized spacial score (nSPS) is 10.3. The van der Waals surface area contributed by atoms with Crippen molar-refractivity contribution in [3.8, 4) is 5.75 Å². The van der Waals surface area contributed by atoms with Gasteiger partial charge in [-0.1, -0.05) is 17.7 Å². The van der Waals surface area contributed by atoms with Gasteiger partial charge < -0.3 is 10.1 Å². The molecule has 0 spiro atoms. The predicted octanol–water partition coefficient (Wildman–Crippen LogP) is 3.97. The molecule has 0 aliphatic heterocycles. The highest BCUT2D eigenvalue weighted by Gasteiger charge is 2.09. The standard InChI is InChI=1S/C15H17ClN2O/c1-10-8-18-14(11(2)15(10)19-3)9-17-13-6-4-5-12(16)7-13/h4-8,17H,9H2,1-3H3. The summed E-state index contributed by atoms with van der Waals surface area (Å²) in [6.07, 6.45) is 1.83. The first-order valence-electron chi connectivity index (χ1n) is 6.10. The number of aromatic nitrogens is 1. The number of benzene rings is 1. The molecular formula is C15H17ClN2O. The van der Waals surface area contributed by atoms with Gasteiger partial charge in [0.05, 0.1) is 19.3 Å². The van der Waals surface area contributed by atoms with Gasteiger partial charge in [0.25, 0.3) is 0 Å². The van der Waals surface area contributed by atoms with Gasteiger partial charge in [-0.3, -0.25) is 4.98 Å². The molecule has 0 fully saturated rings. The van der Waals surface area contributed by atoms with Crippen LogP contribution in [0.5, 0.6) is 5.75 Å². The summed E-state index contributed by atoms with van der Waals surface area (Å²) in [6, 6.07) is 7.64. The van der Waals surface area contributed by atoms with Gasteiger partial charge in [-0.25, -0.2) is 0 Å². The van der Waals surface area contributed by atoms with Gasteiger partial charge in [-0.2, -0.15) is 0 Å². The minimum atomic E-state index is 0.642. The zero-order chi connectivity index (χ0) is 13.8. The molecule has 0 unspecified atom stereocenters. The third-order valence-corrected chi connectivity index (χ3v) is 3.27. The number of nitrogens with one attached hydrogen (secondary N) is 1. The molecule has 0 radical (unpaired) electrons. The van der Waals surface area contributed by atoms with E-state index in [2.05, 4.69) is 10.3 Å². The zero-order valence-corrected chi connectivity index (χ0v) is 12.1. The number of halogens is 1. The van der Waals surface area contributed by atoms with Crippen LogP contribution >= 0.6 is 11.6 Å². The van der Waals surface area contributed by atoms with Crippen LogP contribution < -0.4 is 10.1 Å². The van der Waals surface area contributed by atoms with Crippen molar-refractivity contribution in [3.63, 3.8) is 0 Å². The van der Waals surface area contributed by atoms with E-state index in [0.29, 0.717) is 6.54 Å². The molecule has 0 aliphatic rings. The minimum absolute atomic E-state index is 0.642. The van der Waals surface area contributed by atoms with Gasteiger partial charge in [0.15, 0.2) is 0 Å². The monoisotopic (exact) mass is 276 g/mol. The molecule has 19 heavy (non-hydrogen) atoms. The fourth-order valence-corrected chi connectivity index (χ4v) is 2.22. The summed E-state index contributed by atoms with van der Waals surface area (Å²) in [5.41, 5.74) is 4.07. The molecule has 1 aromatic heterocycles. The average Bonchev–Trinajstić information content (AvgIpc) is 2.38. The number of pyridine rings is 1. The Labute approximate surface area is 118 Å². The second-order valence-corrected chi connectivity index (χ2v) is 4.85. The van der Waals surface area contributed by atoms with Crippen molar-refractivity contribution < 1.29 is 4.74 Å². The van der Waals surface area contributed by atoms with E-state index in [1.54, 1.807) is 7.11 Å². The highest BCUT2D eigenvalue weighted by atomic mass is 35.5. The Morgan fingerprint density at radius 2 is 2.11 bits per heavy atom. The van der Waals surface area contributed by atoms with E-state index in [1.165, 1.54) is 0 Å². The van der Waals surface area contributed by atoms with Crippen LogP contribution in [-0.4, -0.2) is 12.1 Å². The lowest BCUT2D eigenvalue weighted by Gasteiger charge is -2.13. The molecule has 3 nitrogen and oxygen atoms in total. The number of hydrogen-bond donors (Lipinski definition) is 1. The van der Waals surface area contributed by atoms with Crippen LogP contribution in [0.15, 0.2) is 30.5 Å². The molecule has 2 aromatic rings. The second kappa shape index (κ2) is 5.93. The summed E-state index contributed by atoms with van der Waals surface area (Å²) in [4.78, 5) is 4.45. The van der Waals surface area contributed by atoms with E-state index in [1.807, 2.05) is 44.3 Å². The highest BCUT2D eigenvalue weighted by molar-refractivity contribution is 6.30. The molecule has 0 saturated carbocycles. The molecule has 1 heterocycles. The topological polar surface area (TPSA) is 34.1 Å². The maximum Gasteiger partial charge on any atom is 0.128 e. The maximum atomic E-state index is 5.95. The Morgan fingerprint density at radius 1 is 1.32 bits per heavy atom. The third-order valence-electron chi connectivity index (χ3n) is 3.03. The summed E-state index contributed by atoms with van der Waals surface area (Å²) in [6.45, 7) is 4.66. The maximum absolute atomic E-state index is 5.95. The quantitative estimate of drug-likeness (QED) is 0.917. The minimum Gasteiger partial charge on any atom is -0.496 e. The van der Waals surface area contributed by atoms with Gasteiger partial charge in [0, 0.05) is 28.0 Å². The van der Waals surface area contributed by atoms with Crippen LogP contribution in [0, 0.1) is 13.8 Å². The van der Waals surface area contributed by atoms with E-state index in [9.17, 15) is 0 Å². The van der Waals surface area contributed by atoms with Crippen LogP contribution in [0.1, 0.15) is 16.8 Å². The molecule has 0 atom stereocenters. The van der Waals surface area contributed by atoms with Crippen molar-refractivity contribution in [2.24, 2.45) is 0 Å². The Hall–Kier alpha value is -1.74. The first kappa shape index (κ1) is 13.7. The SMILES string of the molecule is COc1c(C)cnc(CNc2cccc(Cl)c2)c1C. The first-order chi connectivity index (χ1) is 9.11. The Morgan fingerprint density at radius 3 is 2.79 bits per heavy atom. The fourth-order valence-electron chi connectivity index (χ4n) is 2.03. The smallest absolute Gasteiger partial charge is 0.128 e. The van der Waals surface area contributed by atoms with Gasteiger partial charge in [-0.05, 0) is 32.0 Å². The predicted molar refractivity (Wildman–Crippen MR) is 79.0 cm³/mol. The molecule has 0 bridgehead atoms. The van der Waals surface area contributed by atoms with Gasteiger partial charge >= 0.3 is 0 Å². The summed E-state index contributed by atoms with van der Waals surface area (Å²) in [5, 5.41) is 4.03. The number of methoxy groups -OCH3 is 1. The zero-order valence-electron chi connectivity index (χ0n) is 11.3. The average molecular weight is 277 g/mol. The summed E-state index contributed by atoms with van der Waals surface area (Å²) in [5.74, 6) is 0.901. The van der Waals surface area contributed by atoms with Crippen molar-refractivity contribution in [2.75, 3.05) is 12.4 Å². The van der Waals surface area contributed by atoms with E-state index in [0.717, 1.165) is 33.3 Å². The van der Waals surface area contributed by atoms with E-state index < -0.39 is 0 Å². The number of aryl methyl sites for hydroxylation is 1. The molecule has 1 aromatic carbocycles. The van der Waals surface area contributed by atoms with Crippen LogP contribution in [0.3, 0.4) is 0 Å². The van der Waals surface area contributed by atoms with Crippen molar-refractivity contribution >= 4 is 17.3 Å². The van der Waals surface area contributed by atoms with E-state index >= 15 is 0 Å². The molecular weight excluding hydrogens is 260 g/mol. The van der Waals surface area contributed by atoms with Crippen LogP contribution in [0.25, 0.3) is 0 Å². The Kier molecular flexibility index (Phi) is 4.27. The van der Waals surface area contributed by atoms with E-state index in [-0.39, 0.29) is 0 Å². The van der Waals surface area contributed by atoms with Crippen LogP contribution in [0.2, 0.25) is 5.02 Å². The lowest BCUT2D eigenvalue weighted by molar-refractivity contribution is 0.407. The molecule has 0 saturated heterocycles. The molecule has 100 valence electrons. The van der Waals surface area contributed by atoms with E-state index in [4.69, 9.17) is 16.3 Å². The molecule has 0 amide bonds. The van der Waals surface area contributed by atoms with Crippen LogP contribution in [0.4, 0.5) is 5.69 Å². The number of ether oxygens (including phenoxy) is 1. The van der Waals surface area contributed by atoms with Crippen molar-refractivity contribution in [1.29, 1.82) is 0 Å². The Bertz CT molecular complexity index is 584. The number of anilines is 1.